The molecule has 0 unspecified atom stereocenters. The fraction of sp³-hybridized carbons (Fsp3) is 0.625. The number of nitrogens with zero attached hydrogens (tertiary/aromatic N) is 3. The normalized spacial score (nSPS) is 22.0. The second kappa shape index (κ2) is 10.0. The third-order valence-corrected chi connectivity index (χ3v) is 7.45. The summed E-state index contributed by atoms with van der Waals surface area (Å²) in [6.07, 6.45) is 5.17. The lowest BCUT2D eigenvalue weighted by atomic mass is 9.65. The number of thiazole rings is 1. The summed E-state index contributed by atoms with van der Waals surface area (Å²) < 4.78 is 30.3. The maximum Gasteiger partial charge on any atom is 0.387 e. The average molecular weight is 482 g/mol. The number of aliphatic carboxylic acids is 1. The maximum absolute atomic E-state index is 12.8. The van der Waals surface area contributed by atoms with E-state index in [1.807, 2.05) is 6.92 Å². The third-order valence-electron chi connectivity index (χ3n) is 6.43. The molecule has 1 N–H and O–H groups in total. The molecular weight excluding hydrogens is 448 g/mol. The molecule has 3 rings (SSSR count). The van der Waals surface area contributed by atoms with E-state index in [1.165, 1.54) is 17.5 Å². The third kappa shape index (κ3) is 6.06. The van der Waals surface area contributed by atoms with Crippen LogP contribution >= 0.6 is 11.3 Å². The summed E-state index contributed by atoms with van der Waals surface area (Å²) in [5.74, 6) is -0.486. The van der Waals surface area contributed by atoms with E-state index < -0.39 is 18.0 Å². The Kier molecular flexibility index (Phi) is 7.73. The summed E-state index contributed by atoms with van der Waals surface area (Å²) in [6, 6.07) is 1.69. The molecule has 1 fully saturated rings. The van der Waals surface area contributed by atoms with E-state index in [0.717, 1.165) is 17.8 Å². The first-order chi connectivity index (χ1) is 15.4. The van der Waals surface area contributed by atoms with Gasteiger partial charge in [0.2, 0.25) is 0 Å². The number of carbonyl (C=O) groups is 1. The smallest absolute Gasteiger partial charge is 0.387 e. The van der Waals surface area contributed by atoms with Crippen LogP contribution in [0.15, 0.2) is 18.5 Å². The van der Waals surface area contributed by atoms with Gasteiger partial charge >= 0.3 is 12.6 Å². The van der Waals surface area contributed by atoms with E-state index in [1.54, 1.807) is 19.2 Å². The van der Waals surface area contributed by atoms with Crippen molar-refractivity contribution in [1.29, 1.82) is 0 Å². The van der Waals surface area contributed by atoms with E-state index in [2.05, 4.69) is 40.4 Å². The van der Waals surface area contributed by atoms with Gasteiger partial charge < -0.3 is 9.84 Å². The molecule has 2 aromatic heterocycles. The highest BCUT2D eigenvalue weighted by molar-refractivity contribution is 7.15. The Bertz CT molecular complexity index is 976. The van der Waals surface area contributed by atoms with Crippen molar-refractivity contribution in [1.82, 2.24) is 14.9 Å². The molecule has 1 aliphatic rings. The minimum absolute atomic E-state index is 0.00453. The highest BCUT2D eigenvalue weighted by atomic mass is 32.1. The number of aryl methyl sites for hydroxylation is 1. The molecule has 0 aromatic carbocycles. The van der Waals surface area contributed by atoms with E-state index in [0.29, 0.717) is 42.2 Å². The Morgan fingerprint density at radius 1 is 1.36 bits per heavy atom. The van der Waals surface area contributed by atoms with E-state index in [9.17, 15) is 18.7 Å². The van der Waals surface area contributed by atoms with Gasteiger partial charge in [0, 0.05) is 36.4 Å². The largest absolute Gasteiger partial charge is 0.481 e. The molecule has 2 atom stereocenters. The summed E-state index contributed by atoms with van der Waals surface area (Å²) in [6.45, 7) is 9.23. The molecule has 0 spiro atoms. The zero-order valence-corrected chi connectivity index (χ0v) is 20.7. The number of carboxylic acid groups (broad SMARTS) is 1. The van der Waals surface area contributed by atoms with Crippen LogP contribution in [0.25, 0.3) is 10.6 Å². The second-order valence-corrected chi connectivity index (χ2v) is 11.2. The summed E-state index contributed by atoms with van der Waals surface area (Å²) >= 11 is 1.41. The number of piperidine rings is 1. The molecule has 0 amide bonds. The first kappa shape index (κ1) is 25.5. The maximum atomic E-state index is 12.8. The lowest BCUT2D eigenvalue weighted by molar-refractivity contribution is -0.156. The molecule has 6 nitrogen and oxygen atoms in total. The molecule has 0 bridgehead atoms. The molecule has 182 valence electrons. The lowest BCUT2D eigenvalue weighted by Gasteiger charge is -2.48. The topological polar surface area (TPSA) is 75.5 Å². The monoisotopic (exact) mass is 481 g/mol. The average Bonchev–Trinajstić information content (AvgIpc) is 3.16. The molecule has 0 aliphatic carbocycles. The molecular formula is C24H33F2N3O3S. The standard InChI is InChI=1S/C24H33F2N3O3S/c1-6-7-24(21(30)31)9-16(23(3,4)5)12-29(14-24)13-17-10-28-20(33-17)18-8-15(2)27-11-19(18)32-22(25)26/h8,10-11,16,22H,6-7,9,12-14H2,1-5H3,(H,30,31)/t16-,24-/m1/s1. The van der Waals surface area contributed by atoms with Crippen LogP contribution in [-0.2, 0) is 11.3 Å². The first-order valence-corrected chi connectivity index (χ1v) is 12.1. The first-order valence-electron chi connectivity index (χ1n) is 11.3. The van der Waals surface area contributed by atoms with Crippen LogP contribution in [0.1, 0.15) is 57.5 Å². The molecule has 33 heavy (non-hydrogen) atoms. The van der Waals surface area contributed by atoms with Gasteiger partial charge in [0.1, 0.15) is 5.01 Å². The predicted octanol–water partition coefficient (Wildman–Crippen LogP) is 5.85. The number of rotatable bonds is 8. The number of likely N-dealkylation sites (tertiary alicyclic amines) is 1. The number of carboxylic acids is 1. The van der Waals surface area contributed by atoms with Crippen molar-refractivity contribution in [3.8, 4) is 16.3 Å². The van der Waals surface area contributed by atoms with Gasteiger partial charge in [0.05, 0.1) is 17.2 Å². The number of halogens is 2. The fourth-order valence-electron chi connectivity index (χ4n) is 4.66. The van der Waals surface area contributed by atoms with Gasteiger partial charge in [0.15, 0.2) is 5.75 Å². The van der Waals surface area contributed by atoms with Gasteiger partial charge in [-0.2, -0.15) is 8.78 Å². The van der Waals surface area contributed by atoms with Gasteiger partial charge in [-0.25, -0.2) is 4.98 Å². The Balaban J connectivity index is 1.87. The van der Waals surface area contributed by atoms with Gasteiger partial charge in [-0.3, -0.25) is 14.7 Å². The SMILES string of the molecule is CCC[C@@]1(C(=O)O)C[C@@H](C(C)(C)C)CN(Cc2cnc(-c3cc(C)ncc3OC(F)F)s2)C1. The number of hydrogen-bond acceptors (Lipinski definition) is 6. The van der Waals surface area contributed by atoms with E-state index >= 15 is 0 Å². The Morgan fingerprint density at radius 2 is 2.09 bits per heavy atom. The van der Waals surface area contributed by atoms with Gasteiger partial charge in [0.25, 0.3) is 0 Å². The highest BCUT2D eigenvalue weighted by Gasteiger charge is 2.47. The zero-order valence-electron chi connectivity index (χ0n) is 19.9. The van der Waals surface area contributed by atoms with Gasteiger partial charge in [-0.05, 0) is 37.2 Å². The molecule has 0 saturated carbocycles. The molecule has 9 heteroatoms. The van der Waals surface area contributed by atoms with Crippen molar-refractivity contribution < 1.29 is 23.4 Å². The van der Waals surface area contributed by atoms with Crippen LogP contribution in [0.4, 0.5) is 8.78 Å². The van der Waals surface area contributed by atoms with Gasteiger partial charge in [-0.1, -0.05) is 34.1 Å². The molecule has 0 radical (unpaired) electrons. The summed E-state index contributed by atoms with van der Waals surface area (Å²) in [7, 11) is 0. The number of alkyl halides is 2. The Hall–Kier alpha value is -2.13. The molecule has 1 saturated heterocycles. The molecule has 1 aliphatic heterocycles. The number of ether oxygens (including phenoxy) is 1. The van der Waals surface area contributed by atoms with Crippen molar-refractivity contribution in [3.05, 3.63) is 29.0 Å². The van der Waals surface area contributed by atoms with Crippen molar-refractivity contribution in [2.75, 3.05) is 13.1 Å². The summed E-state index contributed by atoms with van der Waals surface area (Å²) in [4.78, 5) is 24.0. The van der Waals surface area contributed by atoms with Gasteiger partial charge in [-0.15, -0.1) is 11.3 Å². The van der Waals surface area contributed by atoms with Crippen molar-refractivity contribution in [2.45, 2.75) is 67.0 Å². The number of pyridine rings is 1. The lowest BCUT2D eigenvalue weighted by Crippen LogP contribution is -2.53. The fourth-order valence-corrected chi connectivity index (χ4v) is 5.63. The zero-order chi connectivity index (χ0) is 24.4. The quantitative estimate of drug-likeness (QED) is 0.509. The van der Waals surface area contributed by atoms with Crippen molar-refractivity contribution in [2.24, 2.45) is 16.7 Å². The van der Waals surface area contributed by atoms with Crippen LogP contribution in [0.5, 0.6) is 5.75 Å². The number of aromatic nitrogens is 2. The van der Waals surface area contributed by atoms with Crippen LogP contribution in [0, 0.1) is 23.7 Å². The second-order valence-electron chi connectivity index (χ2n) is 10.1. The van der Waals surface area contributed by atoms with E-state index in [4.69, 9.17) is 0 Å². The van der Waals surface area contributed by atoms with Crippen molar-refractivity contribution in [3.63, 3.8) is 0 Å². The predicted molar refractivity (Wildman–Crippen MR) is 125 cm³/mol. The van der Waals surface area contributed by atoms with Crippen LogP contribution < -0.4 is 4.74 Å². The van der Waals surface area contributed by atoms with Crippen molar-refractivity contribution >= 4 is 17.3 Å². The Morgan fingerprint density at radius 3 is 2.70 bits per heavy atom. The van der Waals surface area contributed by atoms with Crippen LogP contribution in [-0.4, -0.2) is 45.6 Å². The van der Waals surface area contributed by atoms with Crippen LogP contribution in [0.3, 0.4) is 0 Å². The molecule has 3 heterocycles. The minimum atomic E-state index is -2.95. The van der Waals surface area contributed by atoms with Crippen LogP contribution in [0.2, 0.25) is 0 Å². The highest BCUT2D eigenvalue weighted by Crippen LogP contribution is 2.45. The summed E-state index contributed by atoms with van der Waals surface area (Å²) in [5.41, 5.74) is 0.385. The minimum Gasteiger partial charge on any atom is -0.481 e. The summed E-state index contributed by atoms with van der Waals surface area (Å²) in [5, 5.41) is 10.7. The van der Waals surface area contributed by atoms with E-state index in [-0.39, 0.29) is 17.1 Å². The number of hydrogen-bond donors (Lipinski definition) is 1. The Labute approximate surface area is 198 Å². The molecule has 2 aromatic rings.